The molecule has 18 heavy (non-hydrogen) atoms. The molecule has 0 fully saturated rings. The van der Waals surface area contributed by atoms with Crippen LogP contribution in [-0.2, 0) is 0 Å². The third-order valence-corrected chi connectivity index (χ3v) is 2.47. The Morgan fingerprint density at radius 2 is 1.94 bits per heavy atom. The van der Waals surface area contributed by atoms with Crippen molar-refractivity contribution in [3.63, 3.8) is 0 Å². The van der Waals surface area contributed by atoms with Gasteiger partial charge in [-0.3, -0.25) is 0 Å². The summed E-state index contributed by atoms with van der Waals surface area (Å²) in [5.74, 6) is -1.67. The zero-order valence-electron chi connectivity index (χ0n) is 9.51. The maximum Gasteiger partial charge on any atom is 0.337 e. The lowest BCUT2D eigenvalue weighted by atomic mass is 10.1. The average Bonchev–Trinajstić information content (AvgIpc) is 2.23. The number of carboxylic acids is 1. The molecule has 0 aromatic heterocycles. The number of hydrogen-bond donors (Lipinski definition) is 4. The number of carbonyl (C=O) groups is 1. The van der Waals surface area contributed by atoms with Gasteiger partial charge in [0, 0.05) is 5.02 Å². The van der Waals surface area contributed by atoms with Crippen molar-refractivity contribution in [1.82, 2.24) is 0 Å². The Labute approximate surface area is 108 Å². The first-order chi connectivity index (χ1) is 8.32. The van der Waals surface area contributed by atoms with Crippen LogP contribution in [0, 0.1) is 6.92 Å². The van der Waals surface area contributed by atoms with Gasteiger partial charge in [-0.2, -0.15) is 4.99 Å². The van der Waals surface area contributed by atoms with Crippen LogP contribution in [0.4, 0.5) is 5.69 Å². The summed E-state index contributed by atoms with van der Waals surface area (Å²) in [6.45, 7) is 1.62. The molecule has 0 saturated heterocycles. The quantitative estimate of drug-likeness (QED) is 0.459. The van der Waals surface area contributed by atoms with E-state index in [1.165, 1.54) is 12.1 Å². The van der Waals surface area contributed by atoms with Crippen LogP contribution in [0.2, 0.25) is 5.02 Å². The van der Waals surface area contributed by atoms with E-state index in [1.54, 1.807) is 6.92 Å². The lowest BCUT2D eigenvalue weighted by Gasteiger charge is -2.07. The Kier molecular flexibility index (Phi) is 4.11. The predicted octanol–water partition coefficient (Wildman–Crippen LogP) is 0.566. The topological polar surface area (TPSA) is 140 Å². The Morgan fingerprint density at radius 1 is 1.33 bits per heavy atom. The number of rotatable bonds is 2. The van der Waals surface area contributed by atoms with Crippen LogP contribution in [0.1, 0.15) is 15.9 Å². The monoisotopic (exact) mass is 269 g/mol. The van der Waals surface area contributed by atoms with Gasteiger partial charge < -0.3 is 22.3 Å². The summed E-state index contributed by atoms with van der Waals surface area (Å²) in [5, 5.41) is 9.41. The molecule has 96 valence electrons. The zero-order valence-corrected chi connectivity index (χ0v) is 10.3. The van der Waals surface area contributed by atoms with Crippen LogP contribution in [0.5, 0.6) is 0 Å². The van der Waals surface area contributed by atoms with E-state index in [0.717, 1.165) is 0 Å². The van der Waals surface area contributed by atoms with Crippen molar-refractivity contribution in [1.29, 1.82) is 0 Å². The number of carboxylic acid groups (broad SMARTS) is 1. The molecule has 0 saturated carbocycles. The molecule has 0 radical (unpaired) electrons. The van der Waals surface area contributed by atoms with Crippen LogP contribution < -0.4 is 17.2 Å². The lowest BCUT2D eigenvalue weighted by molar-refractivity contribution is 0.0698. The van der Waals surface area contributed by atoms with Crippen molar-refractivity contribution in [2.24, 2.45) is 27.2 Å². The van der Waals surface area contributed by atoms with E-state index in [2.05, 4.69) is 9.98 Å². The summed E-state index contributed by atoms with van der Waals surface area (Å²) in [5.41, 5.74) is 16.3. The van der Waals surface area contributed by atoms with Crippen molar-refractivity contribution in [3.05, 3.63) is 28.3 Å². The largest absolute Gasteiger partial charge is 0.478 e. The number of halogens is 1. The van der Waals surface area contributed by atoms with Gasteiger partial charge in [-0.05, 0) is 24.6 Å². The van der Waals surface area contributed by atoms with Crippen LogP contribution in [0.15, 0.2) is 22.1 Å². The second-order valence-electron chi connectivity index (χ2n) is 3.38. The van der Waals surface area contributed by atoms with Gasteiger partial charge >= 0.3 is 5.97 Å². The van der Waals surface area contributed by atoms with Gasteiger partial charge in [0.2, 0.25) is 5.96 Å². The highest BCUT2D eigenvalue weighted by Crippen LogP contribution is 2.30. The van der Waals surface area contributed by atoms with Crippen molar-refractivity contribution < 1.29 is 9.90 Å². The van der Waals surface area contributed by atoms with Crippen LogP contribution in [0.25, 0.3) is 0 Å². The molecule has 0 spiro atoms. The van der Waals surface area contributed by atoms with E-state index in [9.17, 15) is 4.79 Å². The molecule has 8 heteroatoms. The minimum absolute atomic E-state index is 0.0364. The molecule has 0 amide bonds. The summed E-state index contributed by atoms with van der Waals surface area (Å²) in [6.07, 6.45) is 0. The highest BCUT2D eigenvalue weighted by Gasteiger charge is 2.14. The number of nitrogens with two attached hydrogens (primary N) is 3. The van der Waals surface area contributed by atoms with Gasteiger partial charge in [0.25, 0.3) is 0 Å². The molecular formula is C10H12ClN5O2. The maximum atomic E-state index is 11.1. The van der Waals surface area contributed by atoms with Gasteiger partial charge in [0.1, 0.15) is 0 Å². The van der Waals surface area contributed by atoms with Crippen LogP contribution in [0.3, 0.4) is 0 Å². The van der Waals surface area contributed by atoms with Gasteiger partial charge in [-0.15, -0.1) is 0 Å². The van der Waals surface area contributed by atoms with E-state index in [0.29, 0.717) is 10.6 Å². The van der Waals surface area contributed by atoms with Crippen molar-refractivity contribution in [3.8, 4) is 0 Å². The molecule has 0 aliphatic carbocycles. The third kappa shape index (κ3) is 3.11. The molecule has 1 aromatic rings. The molecule has 0 heterocycles. The summed E-state index contributed by atoms with van der Waals surface area (Å²) < 4.78 is 0. The third-order valence-electron chi connectivity index (χ3n) is 2.07. The van der Waals surface area contributed by atoms with E-state index < -0.39 is 5.97 Å². The summed E-state index contributed by atoms with van der Waals surface area (Å²) >= 11 is 5.89. The fourth-order valence-corrected chi connectivity index (χ4v) is 1.42. The molecule has 0 bridgehead atoms. The van der Waals surface area contributed by atoms with Gasteiger partial charge in [-0.1, -0.05) is 11.6 Å². The zero-order chi connectivity index (χ0) is 13.9. The summed E-state index contributed by atoms with van der Waals surface area (Å²) in [6, 6.07) is 2.80. The van der Waals surface area contributed by atoms with E-state index in [-0.39, 0.29) is 23.2 Å². The highest BCUT2D eigenvalue weighted by atomic mass is 35.5. The number of guanidine groups is 2. The standard InChI is InChI=1S/C10H12ClN5O2/c1-4-6(11)3-2-5(8(17)18)7(4)15-10(14)16-9(12)13/h2-3H,1H3,(H,17,18)(H6,12,13,14,15,16). The number of aromatic carboxylic acids is 1. The average molecular weight is 270 g/mol. The first kappa shape index (κ1) is 13.8. The van der Waals surface area contributed by atoms with Crippen molar-refractivity contribution >= 4 is 35.2 Å². The second kappa shape index (κ2) is 5.37. The van der Waals surface area contributed by atoms with E-state index >= 15 is 0 Å². The van der Waals surface area contributed by atoms with Gasteiger partial charge in [-0.25, -0.2) is 9.79 Å². The molecule has 0 unspecified atom stereocenters. The molecular weight excluding hydrogens is 258 g/mol. The van der Waals surface area contributed by atoms with Gasteiger partial charge in [0.05, 0.1) is 11.3 Å². The fourth-order valence-electron chi connectivity index (χ4n) is 1.26. The minimum Gasteiger partial charge on any atom is -0.478 e. The number of hydrogen-bond acceptors (Lipinski definition) is 2. The van der Waals surface area contributed by atoms with E-state index in [1.807, 2.05) is 0 Å². The Hall–Kier alpha value is -2.28. The normalized spacial score (nSPS) is 11.1. The Balaban J connectivity index is 3.43. The SMILES string of the molecule is Cc1c(Cl)ccc(C(=O)O)c1N=C(N)N=C(N)N. The molecule has 7 N–H and O–H groups in total. The Morgan fingerprint density at radius 3 is 2.44 bits per heavy atom. The Bertz CT molecular complexity index is 549. The molecule has 1 aromatic carbocycles. The molecule has 0 aliphatic heterocycles. The maximum absolute atomic E-state index is 11.1. The smallest absolute Gasteiger partial charge is 0.337 e. The van der Waals surface area contributed by atoms with Crippen LogP contribution in [-0.4, -0.2) is 23.0 Å². The fraction of sp³-hybridized carbons (Fsp3) is 0.100. The summed E-state index contributed by atoms with van der Waals surface area (Å²) in [4.78, 5) is 18.4. The molecule has 0 atom stereocenters. The molecule has 0 aliphatic rings. The first-order valence-electron chi connectivity index (χ1n) is 4.79. The lowest BCUT2D eigenvalue weighted by Crippen LogP contribution is -2.26. The highest BCUT2D eigenvalue weighted by molar-refractivity contribution is 6.32. The number of benzene rings is 1. The minimum atomic E-state index is -1.15. The molecule has 1 rings (SSSR count). The number of nitrogens with zero attached hydrogens (tertiary/aromatic N) is 2. The van der Waals surface area contributed by atoms with Gasteiger partial charge in [0.15, 0.2) is 5.96 Å². The predicted molar refractivity (Wildman–Crippen MR) is 70.2 cm³/mol. The van der Waals surface area contributed by atoms with Crippen molar-refractivity contribution in [2.45, 2.75) is 6.92 Å². The summed E-state index contributed by atoms with van der Waals surface area (Å²) in [7, 11) is 0. The van der Waals surface area contributed by atoms with E-state index in [4.69, 9.17) is 33.9 Å². The molecule has 7 nitrogen and oxygen atoms in total. The number of aliphatic imine (C=N–C) groups is 2. The first-order valence-corrected chi connectivity index (χ1v) is 5.17. The van der Waals surface area contributed by atoms with Crippen LogP contribution >= 0.6 is 11.6 Å². The van der Waals surface area contributed by atoms with Crippen molar-refractivity contribution in [2.75, 3.05) is 0 Å². The second-order valence-corrected chi connectivity index (χ2v) is 3.79.